The van der Waals surface area contributed by atoms with Gasteiger partial charge in [0.05, 0.1) is 6.21 Å². The van der Waals surface area contributed by atoms with Crippen LogP contribution in [0.5, 0.6) is 0 Å². The number of nitrogens with one attached hydrogen (secondary N) is 1. The minimum absolute atomic E-state index is 0.300. The third-order valence-electron chi connectivity index (χ3n) is 2.78. The maximum atomic E-state index is 11.6. The molecule has 0 bridgehead atoms. The molecule has 5 heteroatoms. The minimum Gasteiger partial charge on any atom is -0.244 e. The van der Waals surface area contributed by atoms with Crippen LogP contribution in [0.1, 0.15) is 31.7 Å². The van der Waals surface area contributed by atoms with E-state index in [-0.39, 0.29) is 5.69 Å². The fourth-order valence-electron chi connectivity index (χ4n) is 1.69. The molecular formula is C14H18N4O. The topological polar surface area (TPSA) is 63.0 Å². The van der Waals surface area contributed by atoms with E-state index in [1.54, 1.807) is 6.21 Å². The first-order valence-corrected chi connectivity index (χ1v) is 6.42. The summed E-state index contributed by atoms with van der Waals surface area (Å²) in [5, 5.41) is 10.7. The molecule has 2 rings (SSSR count). The largest absolute Gasteiger partial charge is 0.364 e. The van der Waals surface area contributed by atoms with Crippen LogP contribution in [0.15, 0.2) is 40.2 Å². The van der Waals surface area contributed by atoms with E-state index >= 15 is 0 Å². The zero-order valence-electron chi connectivity index (χ0n) is 11.2. The second-order valence-electron chi connectivity index (χ2n) is 4.84. The van der Waals surface area contributed by atoms with Crippen LogP contribution >= 0.6 is 0 Å². The van der Waals surface area contributed by atoms with E-state index in [9.17, 15) is 4.79 Å². The van der Waals surface area contributed by atoms with Gasteiger partial charge in [-0.05, 0) is 17.9 Å². The Morgan fingerprint density at radius 3 is 2.79 bits per heavy atom. The quantitative estimate of drug-likeness (QED) is 0.834. The summed E-state index contributed by atoms with van der Waals surface area (Å²) in [6, 6.07) is 9.67. The summed E-state index contributed by atoms with van der Waals surface area (Å²) in [6.07, 6.45) is 3.38. The van der Waals surface area contributed by atoms with Crippen molar-refractivity contribution in [2.24, 2.45) is 11.0 Å². The maximum Gasteiger partial charge on any atom is 0.364 e. The summed E-state index contributed by atoms with van der Waals surface area (Å²) in [5.74, 6) is 1.24. The summed E-state index contributed by atoms with van der Waals surface area (Å²) in [4.78, 5) is 11.6. The molecule has 2 aromatic rings. The van der Waals surface area contributed by atoms with Gasteiger partial charge in [0.25, 0.3) is 0 Å². The summed E-state index contributed by atoms with van der Waals surface area (Å²) >= 11 is 0. The van der Waals surface area contributed by atoms with E-state index in [0.717, 1.165) is 18.4 Å². The molecule has 0 aliphatic carbocycles. The van der Waals surface area contributed by atoms with Crippen molar-refractivity contribution < 1.29 is 0 Å². The van der Waals surface area contributed by atoms with Gasteiger partial charge < -0.3 is 0 Å². The van der Waals surface area contributed by atoms with Crippen LogP contribution in [0.3, 0.4) is 0 Å². The van der Waals surface area contributed by atoms with E-state index < -0.39 is 0 Å². The van der Waals surface area contributed by atoms with Gasteiger partial charge in [-0.3, -0.25) is 0 Å². The summed E-state index contributed by atoms with van der Waals surface area (Å²) < 4.78 is 1.33. The number of hydrogen-bond acceptors (Lipinski definition) is 3. The van der Waals surface area contributed by atoms with Crippen molar-refractivity contribution in [3.8, 4) is 0 Å². The number of aryl methyl sites for hydroxylation is 1. The van der Waals surface area contributed by atoms with Crippen molar-refractivity contribution in [2.45, 2.75) is 26.7 Å². The third-order valence-corrected chi connectivity index (χ3v) is 2.78. The van der Waals surface area contributed by atoms with Gasteiger partial charge in [-0.1, -0.05) is 44.2 Å². The Kier molecular flexibility index (Phi) is 4.28. The number of H-pyrrole nitrogens is 1. The second-order valence-corrected chi connectivity index (χ2v) is 4.84. The molecule has 0 radical (unpaired) electrons. The van der Waals surface area contributed by atoms with Crippen LogP contribution < -0.4 is 5.69 Å². The van der Waals surface area contributed by atoms with Gasteiger partial charge in [0.1, 0.15) is 0 Å². The maximum absolute atomic E-state index is 11.6. The Labute approximate surface area is 112 Å². The fraction of sp³-hybridized carbons (Fsp3) is 0.357. The lowest BCUT2D eigenvalue weighted by molar-refractivity contribution is 0.563. The smallest absolute Gasteiger partial charge is 0.244 e. The molecule has 0 saturated carbocycles. The van der Waals surface area contributed by atoms with E-state index in [0.29, 0.717) is 11.7 Å². The van der Waals surface area contributed by atoms with E-state index in [2.05, 4.69) is 29.1 Å². The molecule has 0 unspecified atom stereocenters. The predicted octanol–water partition coefficient (Wildman–Crippen LogP) is 2.04. The van der Waals surface area contributed by atoms with Gasteiger partial charge in [0.2, 0.25) is 0 Å². The number of benzene rings is 1. The van der Waals surface area contributed by atoms with Crippen molar-refractivity contribution in [1.82, 2.24) is 14.9 Å². The second kappa shape index (κ2) is 6.13. The van der Waals surface area contributed by atoms with Gasteiger partial charge in [-0.2, -0.15) is 14.9 Å². The van der Waals surface area contributed by atoms with Gasteiger partial charge in [0.15, 0.2) is 5.82 Å². The van der Waals surface area contributed by atoms with E-state index in [1.165, 1.54) is 4.68 Å². The van der Waals surface area contributed by atoms with Crippen LogP contribution in [0.4, 0.5) is 0 Å². The van der Waals surface area contributed by atoms with Gasteiger partial charge in [-0.15, -0.1) is 0 Å². The van der Waals surface area contributed by atoms with Gasteiger partial charge in [-0.25, -0.2) is 9.89 Å². The molecule has 0 saturated heterocycles. The molecule has 1 aromatic carbocycles. The highest BCUT2D eigenvalue weighted by molar-refractivity contribution is 5.79. The molecule has 0 fully saturated rings. The Morgan fingerprint density at radius 1 is 1.37 bits per heavy atom. The van der Waals surface area contributed by atoms with Crippen molar-refractivity contribution in [3.63, 3.8) is 0 Å². The van der Waals surface area contributed by atoms with E-state index in [4.69, 9.17) is 0 Å². The molecule has 1 N–H and O–H groups in total. The highest BCUT2D eigenvalue weighted by atomic mass is 16.2. The molecule has 5 nitrogen and oxygen atoms in total. The van der Waals surface area contributed by atoms with Crippen LogP contribution in [0.25, 0.3) is 0 Å². The summed E-state index contributed by atoms with van der Waals surface area (Å²) in [7, 11) is 0. The molecule has 1 aromatic heterocycles. The molecule has 0 atom stereocenters. The predicted molar refractivity (Wildman–Crippen MR) is 75.4 cm³/mol. The zero-order valence-corrected chi connectivity index (χ0v) is 11.2. The highest BCUT2D eigenvalue weighted by Crippen LogP contribution is 2.05. The Morgan fingerprint density at radius 2 is 2.11 bits per heavy atom. The number of aromatic nitrogens is 3. The molecule has 0 spiro atoms. The standard InChI is InChI=1S/C14H18N4O/c1-11(2)8-9-13-16-17-14(19)18(13)15-10-12-6-4-3-5-7-12/h3-7,10-11H,8-9H2,1-2H3,(H,17,19). The summed E-state index contributed by atoms with van der Waals surface area (Å²) in [5.41, 5.74) is 0.649. The lowest BCUT2D eigenvalue weighted by atomic mass is 10.1. The molecule has 19 heavy (non-hydrogen) atoms. The molecular weight excluding hydrogens is 240 g/mol. The Balaban J connectivity index is 2.18. The average Bonchev–Trinajstić information content (AvgIpc) is 2.76. The average molecular weight is 258 g/mol. The van der Waals surface area contributed by atoms with Gasteiger partial charge in [0, 0.05) is 6.42 Å². The number of rotatable bonds is 5. The van der Waals surface area contributed by atoms with Crippen LogP contribution in [0.2, 0.25) is 0 Å². The first-order valence-electron chi connectivity index (χ1n) is 6.42. The van der Waals surface area contributed by atoms with Crippen molar-refractivity contribution in [1.29, 1.82) is 0 Å². The first kappa shape index (κ1) is 13.3. The van der Waals surface area contributed by atoms with Crippen LogP contribution in [-0.2, 0) is 6.42 Å². The SMILES string of the molecule is CC(C)CCc1n[nH]c(=O)n1N=Cc1ccccc1. The molecule has 1 heterocycles. The molecule has 100 valence electrons. The first-order chi connectivity index (χ1) is 9.16. The van der Waals surface area contributed by atoms with Crippen LogP contribution in [-0.4, -0.2) is 21.1 Å². The zero-order chi connectivity index (χ0) is 13.7. The lowest BCUT2D eigenvalue weighted by Crippen LogP contribution is -2.15. The Hall–Kier alpha value is -2.17. The lowest BCUT2D eigenvalue weighted by Gasteiger charge is -2.02. The summed E-state index contributed by atoms with van der Waals surface area (Å²) in [6.45, 7) is 4.28. The fourth-order valence-corrected chi connectivity index (χ4v) is 1.69. The monoisotopic (exact) mass is 258 g/mol. The van der Waals surface area contributed by atoms with Crippen molar-refractivity contribution in [2.75, 3.05) is 0 Å². The number of aromatic amines is 1. The van der Waals surface area contributed by atoms with Gasteiger partial charge >= 0.3 is 5.69 Å². The van der Waals surface area contributed by atoms with Crippen molar-refractivity contribution in [3.05, 3.63) is 52.2 Å². The normalized spacial score (nSPS) is 11.5. The highest BCUT2D eigenvalue weighted by Gasteiger charge is 2.07. The van der Waals surface area contributed by atoms with Crippen molar-refractivity contribution >= 4 is 6.21 Å². The number of nitrogens with zero attached hydrogens (tertiary/aromatic N) is 3. The molecule has 0 amide bonds. The third kappa shape index (κ3) is 3.64. The van der Waals surface area contributed by atoms with E-state index in [1.807, 2.05) is 30.3 Å². The van der Waals surface area contributed by atoms with Crippen LogP contribution in [0, 0.1) is 5.92 Å². The minimum atomic E-state index is -0.300. The molecule has 0 aliphatic heterocycles. The molecule has 0 aliphatic rings. The Bertz CT molecular complexity index is 595. The number of hydrogen-bond donors (Lipinski definition) is 1.